The Hall–Kier alpha value is -2.54. The van der Waals surface area contributed by atoms with Gasteiger partial charge in [0.25, 0.3) is 5.56 Å². The second kappa shape index (κ2) is 6.70. The van der Waals surface area contributed by atoms with Crippen molar-refractivity contribution in [1.29, 1.82) is 0 Å². The topological polar surface area (TPSA) is 64.0 Å². The standard InChI is InChI=1S/C16H14FN3O2S/c17-12-1-2-14-13(7-12)16(22)20(10-19-14)8-15(21)18-5-3-11-4-6-23-9-11/h1-2,4,6-7,9-10H,3,5,8H2,(H,18,21). The summed E-state index contributed by atoms with van der Waals surface area (Å²) < 4.78 is 14.4. The summed E-state index contributed by atoms with van der Waals surface area (Å²) in [5.41, 5.74) is 1.14. The van der Waals surface area contributed by atoms with Gasteiger partial charge in [0.05, 0.1) is 17.2 Å². The van der Waals surface area contributed by atoms with Crippen molar-refractivity contribution in [3.8, 4) is 0 Å². The molecule has 0 aliphatic carbocycles. The zero-order chi connectivity index (χ0) is 16.2. The molecule has 0 aliphatic rings. The summed E-state index contributed by atoms with van der Waals surface area (Å²) in [4.78, 5) is 28.3. The quantitative estimate of drug-likeness (QED) is 0.777. The van der Waals surface area contributed by atoms with Crippen molar-refractivity contribution < 1.29 is 9.18 Å². The molecular weight excluding hydrogens is 317 g/mol. The van der Waals surface area contributed by atoms with Crippen LogP contribution in [0.2, 0.25) is 0 Å². The van der Waals surface area contributed by atoms with E-state index in [0.29, 0.717) is 12.1 Å². The van der Waals surface area contributed by atoms with E-state index in [1.54, 1.807) is 11.3 Å². The van der Waals surface area contributed by atoms with Gasteiger partial charge in [-0.15, -0.1) is 0 Å². The molecule has 0 bridgehead atoms. The second-order valence-electron chi connectivity index (χ2n) is 5.07. The number of amides is 1. The molecule has 2 aromatic heterocycles. The molecule has 0 radical (unpaired) electrons. The van der Waals surface area contributed by atoms with E-state index < -0.39 is 11.4 Å². The molecular formula is C16H14FN3O2S. The average Bonchev–Trinajstić information content (AvgIpc) is 3.04. The van der Waals surface area contributed by atoms with E-state index in [2.05, 4.69) is 10.3 Å². The number of hydrogen-bond acceptors (Lipinski definition) is 4. The van der Waals surface area contributed by atoms with E-state index >= 15 is 0 Å². The lowest BCUT2D eigenvalue weighted by Crippen LogP contribution is -2.33. The maximum atomic E-state index is 13.3. The van der Waals surface area contributed by atoms with Gasteiger partial charge >= 0.3 is 0 Å². The predicted octanol–water partition coefficient (Wildman–Crippen LogP) is 1.96. The van der Waals surface area contributed by atoms with Gasteiger partial charge in [0.2, 0.25) is 5.91 Å². The van der Waals surface area contributed by atoms with E-state index in [0.717, 1.165) is 18.1 Å². The number of carbonyl (C=O) groups excluding carboxylic acids is 1. The maximum Gasteiger partial charge on any atom is 0.261 e. The zero-order valence-corrected chi connectivity index (χ0v) is 13.0. The van der Waals surface area contributed by atoms with E-state index in [1.165, 1.54) is 23.0 Å². The first kappa shape index (κ1) is 15.4. The maximum absolute atomic E-state index is 13.3. The molecule has 3 rings (SSSR count). The Labute approximate surface area is 135 Å². The van der Waals surface area contributed by atoms with Gasteiger partial charge in [-0.05, 0) is 47.0 Å². The van der Waals surface area contributed by atoms with E-state index in [4.69, 9.17) is 0 Å². The molecule has 5 nitrogen and oxygen atoms in total. The minimum absolute atomic E-state index is 0.137. The summed E-state index contributed by atoms with van der Waals surface area (Å²) in [6.45, 7) is 0.363. The average molecular weight is 331 g/mol. The molecule has 7 heteroatoms. The molecule has 0 fully saturated rings. The number of thiophene rings is 1. The van der Waals surface area contributed by atoms with E-state index in [-0.39, 0.29) is 17.8 Å². The summed E-state index contributed by atoms with van der Waals surface area (Å²) in [6.07, 6.45) is 2.05. The highest BCUT2D eigenvalue weighted by molar-refractivity contribution is 7.07. The monoisotopic (exact) mass is 331 g/mol. The number of rotatable bonds is 5. The van der Waals surface area contributed by atoms with Crippen molar-refractivity contribution in [2.24, 2.45) is 0 Å². The highest BCUT2D eigenvalue weighted by Gasteiger charge is 2.08. The summed E-state index contributed by atoms with van der Waals surface area (Å²) in [5.74, 6) is -0.783. The molecule has 0 unspecified atom stereocenters. The molecule has 1 aromatic carbocycles. The number of halogens is 1. The molecule has 0 saturated carbocycles. The van der Waals surface area contributed by atoms with Crippen LogP contribution in [0.3, 0.4) is 0 Å². The molecule has 1 amide bonds. The van der Waals surface area contributed by atoms with Crippen molar-refractivity contribution in [3.63, 3.8) is 0 Å². The Bertz CT molecular complexity index is 890. The Kier molecular flexibility index (Phi) is 4.47. The molecule has 0 saturated heterocycles. The summed E-state index contributed by atoms with van der Waals surface area (Å²) in [7, 11) is 0. The number of hydrogen-bond donors (Lipinski definition) is 1. The van der Waals surface area contributed by atoms with Gasteiger partial charge in [-0.3, -0.25) is 14.2 Å². The molecule has 0 aliphatic heterocycles. The van der Waals surface area contributed by atoms with Crippen LogP contribution in [0.1, 0.15) is 5.56 Å². The predicted molar refractivity (Wildman–Crippen MR) is 87.0 cm³/mol. The van der Waals surface area contributed by atoms with Crippen LogP contribution in [0, 0.1) is 5.82 Å². The van der Waals surface area contributed by atoms with Crippen LogP contribution in [0.25, 0.3) is 10.9 Å². The first-order chi connectivity index (χ1) is 11.1. The molecule has 2 heterocycles. The smallest absolute Gasteiger partial charge is 0.261 e. The van der Waals surface area contributed by atoms with Crippen molar-refractivity contribution >= 4 is 28.1 Å². The Balaban J connectivity index is 1.67. The van der Waals surface area contributed by atoms with Gasteiger partial charge in [0.15, 0.2) is 0 Å². The van der Waals surface area contributed by atoms with Gasteiger partial charge in [-0.25, -0.2) is 9.37 Å². The Morgan fingerprint density at radius 2 is 2.22 bits per heavy atom. The van der Waals surface area contributed by atoms with Crippen molar-refractivity contribution in [2.75, 3.05) is 6.54 Å². The summed E-state index contributed by atoms with van der Waals surface area (Å²) >= 11 is 1.61. The van der Waals surface area contributed by atoms with Gasteiger partial charge in [0.1, 0.15) is 12.4 Å². The lowest BCUT2D eigenvalue weighted by atomic mass is 10.2. The summed E-state index contributed by atoms with van der Waals surface area (Å²) in [5, 5.41) is 6.93. The van der Waals surface area contributed by atoms with Crippen LogP contribution in [-0.2, 0) is 17.8 Å². The van der Waals surface area contributed by atoms with Crippen LogP contribution >= 0.6 is 11.3 Å². The minimum atomic E-state index is -0.505. The van der Waals surface area contributed by atoms with Crippen molar-refractivity contribution in [3.05, 3.63) is 63.1 Å². The van der Waals surface area contributed by atoms with Gasteiger partial charge < -0.3 is 5.32 Å². The Morgan fingerprint density at radius 3 is 3.00 bits per heavy atom. The summed E-state index contributed by atoms with van der Waals surface area (Å²) in [6, 6.07) is 5.83. The van der Waals surface area contributed by atoms with Crippen molar-refractivity contribution in [1.82, 2.24) is 14.9 Å². The van der Waals surface area contributed by atoms with Crippen molar-refractivity contribution in [2.45, 2.75) is 13.0 Å². The molecule has 23 heavy (non-hydrogen) atoms. The fourth-order valence-corrected chi connectivity index (χ4v) is 2.94. The van der Waals surface area contributed by atoms with Crippen LogP contribution in [0.4, 0.5) is 4.39 Å². The first-order valence-corrected chi connectivity index (χ1v) is 8.00. The Morgan fingerprint density at radius 1 is 1.35 bits per heavy atom. The highest BCUT2D eigenvalue weighted by Crippen LogP contribution is 2.08. The SMILES string of the molecule is O=C(Cn1cnc2ccc(F)cc2c1=O)NCCc1ccsc1. The number of carbonyl (C=O) groups is 1. The third kappa shape index (κ3) is 3.62. The fourth-order valence-electron chi connectivity index (χ4n) is 2.24. The molecule has 3 aromatic rings. The normalized spacial score (nSPS) is 10.8. The van der Waals surface area contributed by atoms with Crippen LogP contribution < -0.4 is 10.9 Å². The molecule has 0 atom stereocenters. The highest BCUT2D eigenvalue weighted by atomic mass is 32.1. The molecule has 118 valence electrons. The lowest BCUT2D eigenvalue weighted by molar-refractivity contribution is -0.121. The number of aromatic nitrogens is 2. The van der Waals surface area contributed by atoms with Crippen LogP contribution in [0.5, 0.6) is 0 Å². The molecule has 0 spiro atoms. The fraction of sp³-hybridized carbons (Fsp3) is 0.188. The van der Waals surface area contributed by atoms with Crippen LogP contribution in [-0.4, -0.2) is 22.0 Å². The minimum Gasteiger partial charge on any atom is -0.354 e. The molecule has 1 N–H and O–H groups in total. The lowest BCUT2D eigenvalue weighted by Gasteiger charge is -2.07. The van der Waals surface area contributed by atoms with Gasteiger partial charge in [-0.1, -0.05) is 0 Å². The number of nitrogens with zero attached hydrogens (tertiary/aromatic N) is 2. The number of fused-ring (bicyclic) bond motifs is 1. The van der Waals surface area contributed by atoms with Crippen LogP contribution in [0.15, 0.2) is 46.1 Å². The largest absolute Gasteiger partial charge is 0.354 e. The van der Waals surface area contributed by atoms with Gasteiger partial charge in [-0.2, -0.15) is 11.3 Å². The second-order valence-corrected chi connectivity index (χ2v) is 5.85. The number of benzene rings is 1. The third-order valence-corrected chi connectivity index (χ3v) is 4.15. The zero-order valence-electron chi connectivity index (χ0n) is 12.2. The van der Waals surface area contributed by atoms with E-state index in [9.17, 15) is 14.0 Å². The first-order valence-electron chi connectivity index (χ1n) is 7.06. The third-order valence-electron chi connectivity index (χ3n) is 3.42. The van der Waals surface area contributed by atoms with Gasteiger partial charge in [0, 0.05) is 6.54 Å². The van der Waals surface area contributed by atoms with E-state index in [1.807, 2.05) is 16.8 Å². The number of nitrogens with one attached hydrogen (secondary N) is 1.